The van der Waals surface area contributed by atoms with Gasteiger partial charge in [0.1, 0.15) is 5.82 Å². The van der Waals surface area contributed by atoms with Crippen molar-refractivity contribution >= 4 is 17.7 Å². The summed E-state index contributed by atoms with van der Waals surface area (Å²) in [7, 11) is 0. The highest BCUT2D eigenvalue weighted by Gasteiger charge is 2.25. The van der Waals surface area contributed by atoms with Crippen LogP contribution >= 0.6 is 0 Å². The zero-order chi connectivity index (χ0) is 23.8. The van der Waals surface area contributed by atoms with Crippen molar-refractivity contribution in [3.63, 3.8) is 0 Å². The van der Waals surface area contributed by atoms with Gasteiger partial charge in [-0.25, -0.2) is 4.39 Å². The average molecular weight is 458 g/mol. The number of benzene rings is 2. The molecular formula is C24H28FN3O5. The molecule has 1 aliphatic rings. The summed E-state index contributed by atoms with van der Waals surface area (Å²) in [5, 5.41) is 2.64. The minimum Gasteiger partial charge on any atom is -0.490 e. The van der Waals surface area contributed by atoms with Gasteiger partial charge in [-0.15, -0.1) is 0 Å². The Kier molecular flexibility index (Phi) is 8.23. The number of hydrogen-bond donors (Lipinski definition) is 1. The molecule has 33 heavy (non-hydrogen) atoms. The van der Waals surface area contributed by atoms with Crippen LogP contribution in [0, 0.1) is 5.82 Å². The topological polar surface area (TPSA) is 88.2 Å². The van der Waals surface area contributed by atoms with Crippen LogP contribution in [-0.4, -0.2) is 73.5 Å². The molecule has 3 rings (SSSR count). The van der Waals surface area contributed by atoms with Crippen LogP contribution in [0.15, 0.2) is 42.5 Å². The fourth-order valence-electron chi connectivity index (χ4n) is 3.50. The maximum absolute atomic E-state index is 13.1. The Labute approximate surface area is 192 Å². The van der Waals surface area contributed by atoms with Crippen LogP contribution < -0.4 is 14.8 Å². The van der Waals surface area contributed by atoms with Crippen molar-refractivity contribution in [1.29, 1.82) is 0 Å². The minimum absolute atomic E-state index is 0.151. The number of nitrogens with one attached hydrogen (secondary N) is 1. The molecule has 2 aromatic rings. The molecular weight excluding hydrogens is 429 g/mol. The molecule has 9 heteroatoms. The van der Waals surface area contributed by atoms with E-state index in [0.29, 0.717) is 62.0 Å². The first-order chi connectivity index (χ1) is 15.9. The summed E-state index contributed by atoms with van der Waals surface area (Å²) in [5.41, 5.74) is 0.773. The minimum atomic E-state index is -0.400. The summed E-state index contributed by atoms with van der Waals surface area (Å²) < 4.78 is 24.1. The van der Waals surface area contributed by atoms with Gasteiger partial charge < -0.3 is 24.6 Å². The first kappa shape index (κ1) is 24.0. The Hall–Kier alpha value is -3.62. The molecule has 2 aromatic carbocycles. The second kappa shape index (κ2) is 11.3. The number of piperazine rings is 1. The molecule has 8 nitrogen and oxygen atoms in total. The normalized spacial score (nSPS) is 13.4. The number of carbonyl (C=O) groups excluding carboxylic acids is 3. The van der Waals surface area contributed by atoms with Gasteiger partial charge in [-0.3, -0.25) is 14.4 Å². The fourth-order valence-corrected chi connectivity index (χ4v) is 3.50. The Bertz CT molecular complexity index is 988. The highest BCUT2D eigenvalue weighted by molar-refractivity contribution is 5.97. The largest absolute Gasteiger partial charge is 0.490 e. The van der Waals surface area contributed by atoms with E-state index in [9.17, 15) is 18.8 Å². The Morgan fingerprint density at radius 1 is 0.848 bits per heavy atom. The van der Waals surface area contributed by atoms with Gasteiger partial charge in [-0.05, 0) is 56.3 Å². The standard InChI is InChI=1S/C24H28FN3O5/c1-3-32-20-10-7-18(15-21(20)33-4-2)23(30)26-16-22(29)27-11-13-28(14-12-27)24(31)17-5-8-19(25)9-6-17/h5-10,15H,3-4,11-14,16H2,1-2H3,(H,26,30). The highest BCUT2D eigenvalue weighted by atomic mass is 19.1. The van der Waals surface area contributed by atoms with Gasteiger partial charge in [0.25, 0.3) is 11.8 Å². The van der Waals surface area contributed by atoms with Gasteiger partial charge in [-0.1, -0.05) is 0 Å². The molecule has 1 N–H and O–H groups in total. The molecule has 0 saturated carbocycles. The quantitative estimate of drug-likeness (QED) is 0.658. The second-order valence-electron chi connectivity index (χ2n) is 7.39. The van der Waals surface area contributed by atoms with Crippen LogP contribution in [0.3, 0.4) is 0 Å². The molecule has 176 valence electrons. The Morgan fingerprint density at radius 3 is 2.06 bits per heavy atom. The van der Waals surface area contributed by atoms with Crippen LogP contribution in [0.1, 0.15) is 34.6 Å². The molecule has 1 fully saturated rings. The van der Waals surface area contributed by atoms with E-state index in [4.69, 9.17) is 9.47 Å². The zero-order valence-corrected chi connectivity index (χ0v) is 18.8. The lowest BCUT2D eigenvalue weighted by Crippen LogP contribution is -2.52. The summed E-state index contributed by atoms with van der Waals surface area (Å²) in [6, 6.07) is 10.3. The predicted octanol–water partition coefficient (Wildman–Crippen LogP) is 2.34. The monoisotopic (exact) mass is 457 g/mol. The predicted molar refractivity (Wildman–Crippen MR) is 120 cm³/mol. The van der Waals surface area contributed by atoms with Gasteiger partial charge in [0.2, 0.25) is 5.91 Å². The van der Waals surface area contributed by atoms with Crippen LogP contribution in [0.25, 0.3) is 0 Å². The molecule has 1 saturated heterocycles. The number of rotatable bonds is 8. The molecule has 0 spiro atoms. The first-order valence-corrected chi connectivity index (χ1v) is 10.9. The molecule has 0 aliphatic carbocycles. The summed E-state index contributed by atoms with van der Waals surface area (Å²) >= 11 is 0. The number of hydrogen-bond acceptors (Lipinski definition) is 5. The van der Waals surface area contributed by atoms with Gasteiger partial charge in [0.05, 0.1) is 19.8 Å². The van der Waals surface area contributed by atoms with Gasteiger partial charge in [0.15, 0.2) is 11.5 Å². The van der Waals surface area contributed by atoms with E-state index in [1.165, 1.54) is 24.3 Å². The van der Waals surface area contributed by atoms with Gasteiger partial charge in [-0.2, -0.15) is 0 Å². The lowest BCUT2D eigenvalue weighted by molar-refractivity contribution is -0.131. The Balaban J connectivity index is 1.50. The van der Waals surface area contributed by atoms with Gasteiger partial charge >= 0.3 is 0 Å². The van der Waals surface area contributed by atoms with Crippen LogP contribution in [-0.2, 0) is 4.79 Å². The van der Waals surface area contributed by atoms with E-state index in [2.05, 4.69) is 5.32 Å². The maximum Gasteiger partial charge on any atom is 0.253 e. The smallest absolute Gasteiger partial charge is 0.253 e. The van der Waals surface area contributed by atoms with Crippen molar-refractivity contribution in [3.05, 3.63) is 59.4 Å². The van der Waals surface area contributed by atoms with E-state index in [0.717, 1.165) is 0 Å². The molecule has 0 aromatic heterocycles. The number of amides is 3. The SMILES string of the molecule is CCOc1ccc(C(=O)NCC(=O)N2CCN(C(=O)c3ccc(F)cc3)CC2)cc1OCC. The number of nitrogens with zero attached hydrogens (tertiary/aromatic N) is 2. The average Bonchev–Trinajstić information content (AvgIpc) is 2.84. The van der Waals surface area contributed by atoms with Crippen LogP contribution in [0.2, 0.25) is 0 Å². The van der Waals surface area contributed by atoms with Crippen molar-refractivity contribution in [2.75, 3.05) is 45.9 Å². The van der Waals surface area contributed by atoms with Crippen molar-refractivity contribution in [2.45, 2.75) is 13.8 Å². The molecule has 0 atom stereocenters. The van der Waals surface area contributed by atoms with E-state index < -0.39 is 11.7 Å². The van der Waals surface area contributed by atoms with Crippen molar-refractivity contribution in [3.8, 4) is 11.5 Å². The fraction of sp³-hybridized carbons (Fsp3) is 0.375. The number of halogens is 1. The summed E-state index contributed by atoms with van der Waals surface area (Å²) in [6.45, 7) is 5.91. The van der Waals surface area contributed by atoms with Crippen molar-refractivity contribution < 1.29 is 28.2 Å². The number of carbonyl (C=O) groups is 3. The van der Waals surface area contributed by atoms with Gasteiger partial charge in [0, 0.05) is 37.3 Å². The molecule has 1 heterocycles. The third-order valence-electron chi connectivity index (χ3n) is 5.22. The third kappa shape index (κ3) is 6.21. The molecule has 0 radical (unpaired) electrons. The number of ether oxygens (including phenoxy) is 2. The zero-order valence-electron chi connectivity index (χ0n) is 18.8. The third-order valence-corrected chi connectivity index (χ3v) is 5.22. The lowest BCUT2D eigenvalue weighted by Gasteiger charge is -2.34. The first-order valence-electron chi connectivity index (χ1n) is 10.9. The summed E-state index contributed by atoms with van der Waals surface area (Å²) in [4.78, 5) is 40.8. The summed E-state index contributed by atoms with van der Waals surface area (Å²) in [6.07, 6.45) is 0. The summed E-state index contributed by atoms with van der Waals surface area (Å²) in [5.74, 6) is -0.189. The van der Waals surface area contributed by atoms with E-state index in [1.807, 2.05) is 13.8 Å². The van der Waals surface area contributed by atoms with Crippen LogP contribution in [0.4, 0.5) is 4.39 Å². The second-order valence-corrected chi connectivity index (χ2v) is 7.39. The molecule has 1 aliphatic heterocycles. The van der Waals surface area contributed by atoms with Crippen molar-refractivity contribution in [2.24, 2.45) is 0 Å². The lowest BCUT2D eigenvalue weighted by atomic mass is 10.1. The Morgan fingerprint density at radius 2 is 1.42 bits per heavy atom. The van der Waals surface area contributed by atoms with Crippen molar-refractivity contribution in [1.82, 2.24) is 15.1 Å². The van der Waals surface area contributed by atoms with E-state index in [1.54, 1.807) is 28.0 Å². The molecule has 0 unspecified atom stereocenters. The molecule has 3 amide bonds. The highest BCUT2D eigenvalue weighted by Crippen LogP contribution is 2.28. The van der Waals surface area contributed by atoms with E-state index >= 15 is 0 Å². The van der Waals surface area contributed by atoms with Crippen LogP contribution in [0.5, 0.6) is 11.5 Å². The molecule has 0 bridgehead atoms. The van der Waals surface area contributed by atoms with E-state index in [-0.39, 0.29) is 18.4 Å². The maximum atomic E-state index is 13.1.